The molecule has 3 rings (SSSR count). The lowest BCUT2D eigenvalue weighted by atomic mass is 10.2. The van der Waals surface area contributed by atoms with Crippen LogP contribution in [0.2, 0.25) is 10.0 Å². The van der Waals surface area contributed by atoms with Crippen molar-refractivity contribution in [1.29, 1.82) is 0 Å². The first-order valence-corrected chi connectivity index (χ1v) is 8.30. The Morgan fingerprint density at radius 2 is 1.75 bits per heavy atom. The summed E-state index contributed by atoms with van der Waals surface area (Å²) in [4.78, 5) is 16.1. The van der Waals surface area contributed by atoms with Crippen LogP contribution >= 0.6 is 23.2 Å². The Labute approximate surface area is 149 Å². The topological polar surface area (TPSA) is 35.6 Å². The highest BCUT2D eigenvalue weighted by Crippen LogP contribution is 2.27. The molecule has 7 heteroatoms. The number of halogens is 3. The molecule has 1 saturated heterocycles. The molecule has 0 radical (unpaired) electrons. The SMILES string of the molecule is O=C(Nc1cccc(F)c1)N1CCN(c2ccc(Cl)c(Cl)c2)CC1. The van der Waals surface area contributed by atoms with E-state index in [4.69, 9.17) is 23.2 Å². The fraction of sp³-hybridized carbons (Fsp3) is 0.235. The van der Waals surface area contributed by atoms with E-state index in [1.165, 1.54) is 12.1 Å². The number of amides is 2. The first kappa shape index (κ1) is 16.9. The number of urea groups is 1. The molecular formula is C17H16Cl2FN3O. The third-order valence-corrected chi connectivity index (χ3v) is 4.65. The average Bonchev–Trinajstić information content (AvgIpc) is 2.57. The summed E-state index contributed by atoms with van der Waals surface area (Å²) in [6.45, 7) is 2.52. The van der Waals surface area contributed by atoms with Gasteiger partial charge in [-0.3, -0.25) is 0 Å². The van der Waals surface area contributed by atoms with E-state index in [9.17, 15) is 9.18 Å². The fourth-order valence-corrected chi connectivity index (χ4v) is 2.91. The van der Waals surface area contributed by atoms with E-state index in [1.54, 1.807) is 23.1 Å². The maximum atomic E-state index is 13.2. The van der Waals surface area contributed by atoms with Gasteiger partial charge < -0.3 is 15.1 Å². The minimum absolute atomic E-state index is 0.227. The highest BCUT2D eigenvalue weighted by atomic mass is 35.5. The standard InChI is InChI=1S/C17H16Cl2FN3O/c18-15-5-4-14(11-16(15)19)22-6-8-23(9-7-22)17(24)21-13-3-1-2-12(20)10-13/h1-5,10-11H,6-9H2,(H,21,24). The number of anilines is 2. The molecular weight excluding hydrogens is 352 g/mol. The first-order chi connectivity index (χ1) is 11.5. The van der Waals surface area contributed by atoms with Gasteiger partial charge in [0.05, 0.1) is 10.0 Å². The van der Waals surface area contributed by atoms with Crippen molar-refractivity contribution in [1.82, 2.24) is 4.90 Å². The lowest BCUT2D eigenvalue weighted by molar-refractivity contribution is 0.208. The van der Waals surface area contributed by atoms with Crippen LogP contribution in [0.5, 0.6) is 0 Å². The molecule has 2 aromatic carbocycles. The molecule has 0 aromatic heterocycles. The summed E-state index contributed by atoms with van der Waals surface area (Å²) in [5, 5.41) is 3.75. The number of carbonyl (C=O) groups is 1. The Kier molecular flexibility index (Phi) is 5.11. The van der Waals surface area contributed by atoms with Gasteiger partial charge in [0.2, 0.25) is 0 Å². The largest absolute Gasteiger partial charge is 0.368 e. The molecule has 0 atom stereocenters. The van der Waals surface area contributed by atoms with Crippen molar-refractivity contribution in [3.8, 4) is 0 Å². The normalized spacial score (nSPS) is 14.6. The summed E-state index contributed by atoms with van der Waals surface area (Å²) in [6.07, 6.45) is 0. The summed E-state index contributed by atoms with van der Waals surface area (Å²) in [5.74, 6) is -0.378. The lowest BCUT2D eigenvalue weighted by Gasteiger charge is -2.36. The second kappa shape index (κ2) is 7.28. The molecule has 2 amide bonds. The van der Waals surface area contributed by atoms with Crippen LogP contribution in [0.15, 0.2) is 42.5 Å². The van der Waals surface area contributed by atoms with E-state index < -0.39 is 0 Å². The third kappa shape index (κ3) is 3.91. The molecule has 0 aliphatic carbocycles. The van der Waals surface area contributed by atoms with E-state index in [1.807, 2.05) is 12.1 Å². The number of hydrogen-bond donors (Lipinski definition) is 1. The highest BCUT2D eigenvalue weighted by molar-refractivity contribution is 6.42. The predicted octanol–water partition coefficient (Wildman–Crippen LogP) is 4.49. The molecule has 1 aliphatic heterocycles. The van der Waals surface area contributed by atoms with Crippen molar-refractivity contribution in [2.24, 2.45) is 0 Å². The zero-order valence-corrected chi connectivity index (χ0v) is 14.3. The summed E-state index contributed by atoms with van der Waals surface area (Å²) in [7, 11) is 0. The Balaban J connectivity index is 1.58. The number of nitrogens with one attached hydrogen (secondary N) is 1. The molecule has 1 N–H and O–H groups in total. The van der Waals surface area contributed by atoms with Gasteiger partial charge in [-0.25, -0.2) is 9.18 Å². The van der Waals surface area contributed by atoms with Crippen LogP contribution in [0.25, 0.3) is 0 Å². The second-order valence-electron chi connectivity index (χ2n) is 5.51. The highest BCUT2D eigenvalue weighted by Gasteiger charge is 2.21. The Morgan fingerprint density at radius 3 is 2.42 bits per heavy atom. The smallest absolute Gasteiger partial charge is 0.321 e. The number of rotatable bonds is 2. The zero-order valence-electron chi connectivity index (χ0n) is 12.8. The molecule has 0 spiro atoms. The van der Waals surface area contributed by atoms with Gasteiger partial charge in [0.15, 0.2) is 0 Å². The zero-order chi connectivity index (χ0) is 17.1. The quantitative estimate of drug-likeness (QED) is 0.848. The van der Waals surface area contributed by atoms with E-state index in [-0.39, 0.29) is 11.8 Å². The van der Waals surface area contributed by atoms with Crippen LogP contribution < -0.4 is 10.2 Å². The molecule has 0 bridgehead atoms. The first-order valence-electron chi connectivity index (χ1n) is 7.54. The summed E-state index contributed by atoms with van der Waals surface area (Å²) in [6, 6.07) is 11.1. The van der Waals surface area contributed by atoms with Gasteiger partial charge in [0, 0.05) is 37.6 Å². The van der Waals surface area contributed by atoms with E-state index in [2.05, 4.69) is 10.2 Å². The van der Waals surface area contributed by atoms with Crippen molar-refractivity contribution in [3.63, 3.8) is 0 Å². The van der Waals surface area contributed by atoms with Crippen LogP contribution in [-0.2, 0) is 0 Å². The molecule has 1 heterocycles. The van der Waals surface area contributed by atoms with Gasteiger partial charge in [0.25, 0.3) is 0 Å². The Morgan fingerprint density at radius 1 is 1.00 bits per heavy atom. The molecule has 2 aromatic rings. The molecule has 1 fully saturated rings. The van der Waals surface area contributed by atoms with Crippen molar-refractivity contribution in [3.05, 3.63) is 58.3 Å². The monoisotopic (exact) mass is 367 g/mol. The number of piperazine rings is 1. The minimum Gasteiger partial charge on any atom is -0.368 e. The summed E-state index contributed by atoms with van der Waals surface area (Å²) >= 11 is 12.0. The Hall–Kier alpha value is -1.98. The summed E-state index contributed by atoms with van der Waals surface area (Å²) < 4.78 is 13.2. The maximum absolute atomic E-state index is 13.2. The van der Waals surface area contributed by atoms with Crippen molar-refractivity contribution in [2.45, 2.75) is 0 Å². The minimum atomic E-state index is -0.378. The van der Waals surface area contributed by atoms with Crippen molar-refractivity contribution in [2.75, 3.05) is 36.4 Å². The molecule has 0 saturated carbocycles. The second-order valence-corrected chi connectivity index (χ2v) is 6.33. The van der Waals surface area contributed by atoms with Crippen LogP contribution in [0, 0.1) is 5.82 Å². The molecule has 24 heavy (non-hydrogen) atoms. The average molecular weight is 368 g/mol. The molecule has 1 aliphatic rings. The Bertz CT molecular complexity index is 748. The number of nitrogens with zero attached hydrogens (tertiary/aromatic N) is 2. The summed E-state index contributed by atoms with van der Waals surface area (Å²) in [5.41, 5.74) is 1.43. The van der Waals surface area contributed by atoms with Gasteiger partial charge >= 0.3 is 6.03 Å². The van der Waals surface area contributed by atoms with Gasteiger partial charge in [-0.15, -0.1) is 0 Å². The molecule has 0 unspecified atom stereocenters. The van der Waals surface area contributed by atoms with Crippen LogP contribution in [0.4, 0.5) is 20.6 Å². The van der Waals surface area contributed by atoms with Gasteiger partial charge in [-0.2, -0.15) is 0 Å². The number of hydrogen-bond acceptors (Lipinski definition) is 2. The van der Waals surface area contributed by atoms with Crippen molar-refractivity contribution < 1.29 is 9.18 Å². The third-order valence-electron chi connectivity index (χ3n) is 3.91. The number of carbonyl (C=O) groups excluding carboxylic acids is 1. The number of benzene rings is 2. The van der Waals surface area contributed by atoms with E-state index in [0.29, 0.717) is 41.9 Å². The maximum Gasteiger partial charge on any atom is 0.321 e. The van der Waals surface area contributed by atoms with Crippen molar-refractivity contribution >= 4 is 40.6 Å². The van der Waals surface area contributed by atoms with Crippen LogP contribution in [-0.4, -0.2) is 37.1 Å². The van der Waals surface area contributed by atoms with Crippen LogP contribution in [0.3, 0.4) is 0 Å². The molecule has 4 nitrogen and oxygen atoms in total. The fourth-order valence-electron chi connectivity index (χ4n) is 2.62. The van der Waals surface area contributed by atoms with Crippen LogP contribution in [0.1, 0.15) is 0 Å². The lowest BCUT2D eigenvalue weighted by Crippen LogP contribution is -2.50. The van der Waals surface area contributed by atoms with Gasteiger partial charge in [-0.1, -0.05) is 29.3 Å². The van der Waals surface area contributed by atoms with E-state index in [0.717, 1.165) is 5.69 Å². The molecule has 126 valence electrons. The van der Waals surface area contributed by atoms with Gasteiger partial charge in [0.1, 0.15) is 5.82 Å². The van der Waals surface area contributed by atoms with E-state index >= 15 is 0 Å². The predicted molar refractivity (Wildman–Crippen MR) is 95.7 cm³/mol. The van der Waals surface area contributed by atoms with Gasteiger partial charge in [-0.05, 0) is 36.4 Å².